The molecule has 1 amide bonds. The average molecular weight is 483 g/mol. The zero-order valence-electron chi connectivity index (χ0n) is 19.4. The van der Waals surface area contributed by atoms with Gasteiger partial charge in [-0.25, -0.2) is 0 Å². The molecule has 2 heterocycles. The van der Waals surface area contributed by atoms with Crippen LogP contribution in [0.4, 0.5) is 5.69 Å². The number of carbonyl (C=O) groups excluding carboxylic acids is 1. The molecule has 2 aromatic carbocycles. The van der Waals surface area contributed by atoms with Crippen molar-refractivity contribution in [2.75, 3.05) is 31.1 Å². The second-order valence-electron chi connectivity index (χ2n) is 8.89. The number of likely N-dealkylation sites (N-methyl/N-ethyl adjacent to an activating group) is 1. The molecule has 0 N–H and O–H groups in total. The quantitative estimate of drug-likeness (QED) is 0.541. The van der Waals surface area contributed by atoms with Crippen LogP contribution in [0.25, 0.3) is 0 Å². The second kappa shape index (κ2) is 11.0. The molecule has 2 fully saturated rings. The largest absolute Gasteiger partial charge is 0.314 e. The van der Waals surface area contributed by atoms with Gasteiger partial charge in [-0.05, 0) is 45.7 Å². The molecule has 2 aliphatic heterocycles. The molecule has 159 valence electrons. The first-order chi connectivity index (χ1) is 13.9. The van der Waals surface area contributed by atoms with E-state index in [1.165, 1.54) is 48.2 Å². The van der Waals surface area contributed by atoms with Crippen molar-refractivity contribution in [1.29, 1.82) is 0 Å². The molecule has 0 bridgehead atoms. The molecule has 3 nitrogen and oxygen atoms in total. The molecular formula is C26H37N2OY+. The molecule has 30 heavy (non-hydrogen) atoms. The zero-order chi connectivity index (χ0) is 21.0. The van der Waals surface area contributed by atoms with Gasteiger partial charge in [-0.15, -0.1) is 0 Å². The Morgan fingerprint density at radius 1 is 0.933 bits per heavy atom. The van der Waals surface area contributed by atoms with Crippen LogP contribution in [-0.2, 0) is 37.5 Å². The van der Waals surface area contributed by atoms with E-state index in [9.17, 15) is 4.79 Å². The summed E-state index contributed by atoms with van der Waals surface area (Å²) in [5.41, 5.74) is 6.22. The molecular weight excluding hydrogens is 445 g/mol. The maximum Gasteiger partial charge on any atom is 0.285 e. The number of quaternary nitrogens is 1. The van der Waals surface area contributed by atoms with Crippen molar-refractivity contribution in [2.45, 2.75) is 59.9 Å². The van der Waals surface area contributed by atoms with Crippen molar-refractivity contribution < 1.29 is 42.0 Å². The van der Waals surface area contributed by atoms with Crippen molar-refractivity contribution in [3.63, 3.8) is 0 Å². The molecule has 2 saturated heterocycles. The minimum atomic E-state index is 0. The van der Waals surface area contributed by atoms with Gasteiger partial charge in [0, 0.05) is 64.2 Å². The SMILES string of the molecule is CC[N+]1(C2CCN(c3c(C)cc(C)cc3C)C2=O)CCCC1.Cc1ccccc1.[Y]. The van der Waals surface area contributed by atoms with Crippen LogP contribution in [0.2, 0.25) is 0 Å². The fourth-order valence-electron chi connectivity index (χ4n) is 5.34. The monoisotopic (exact) mass is 482 g/mol. The fourth-order valence-corrected chi connectivity index (χ4v) is 5.34. The normalized spacial score (nSPS) is 19.8. The summed E-state index contributed by atoms with van der Waals surface area (Å²) < 4.78 is 1.03. The van der Waals surface area contributed by atoms with E-state index in [0.29, 0.717) is 5.91 Å². The molecule has 0 aliphatic carbocycles. The van der Waals surface area contributed by atoms with Crippen molar-refractivity contribution in [1.82, 2.24) is 0 Å². The third-order valence-corrected chi connectivity index (χ3v) is 6.77. The number of rotatable bonds is 3. The van der Waals surface area contributed by atoms with Crippen molar-refractivity contribution in [3.05, 3.63) is 64.7 Å². The molecule has 1 atom stereocenters. The Morgan fingerprint density at radius 2 is 1.50 bits per heavy atom. The molecule has 4 heteroatoms. The Bertz CT molecular complexity index is 820. The smallest absolute Gasteiger partial charge is 0.285 e. The summed E-state index contributed by atoms with van der Waals surface area (Å²) in [4.78, 5) is 15.2. The van der Waals surface area contributed by atoms with Crippen molar-refractivity contribution >= 4 is 11.6 Å². The van der Waals surface area contributed by atoms with Crippen LogP contribution in [0, 0.1) is 27.7 Å². The summed E-state index contributed by atoms with van der Waals surface area (Å²) in [7, 11) is 0. The first-order valence-electron chi connectivity index (χ1n) is 11.1. The summed E-state index contributed by atoms with van der Waals surface area (Å²) in [6.45, 7) is 15.1. The number of aryl methyl sites for hydroxylation is 4. The average Bonchev–Trinajstić information content (AvgIpc) is 3.30. The van der Waals surface area contributed by atoms with Crippen LogP contribution in [0.1, 0.15) is 48.4 Å². The van der Waals surface area contributed by atoms with Gasteiger partial charge in [0.05, 0.1) is 19.6 Å². The molecule has 0 saturated carbocycles. The third-order valence-electron chi connectivity index (χ3n) is 6.77. The predicted octanol–water partition coefficient (Wildman–Crippen LogP) is 5.34. The van der Waals surface area contributed by atoms with E-state index in [0.717, 1.165) is 29.7 Å². The molecule has 0 aromatic heterocycles. The van der Waals surface area contributed by atoms with Crippen LogP contribution in [0.3, 0.4) is 0 Å². The predicted molar refractivity (Wildman–Crippen MR) is 122 cm³/mol. The van der Waals surface area contributed by atoms with Crippen LogP contribution < -0.4 is 4.90 Å². The molecule has 2 aromatic rings. The Labute approximate surface area is 208 Å². The van der Waals surface area contributed by atoms with E-state index in [4.69, 9.17) is 0 Å². The Balaban J connectivity index is 0.000000341. The van der Waals surface area contributed by atoms with Crippen molar-refractivity contribution in [2.24, 2.45) is 0 Å². The second-order valence-corrected chi connectivity index (χ2v) is 8.89. The zero-order valence-corrected chi connectivity index (χ0v) is 22.3. The van der Waals surface area contributed by atoms with Gasteiger partial charge in [-0.3, -0.25) is 4.79 Å². The Morgan fingerprint density at radius 3 is 1.97 bits per heavy atom. The van der Waals surface area contributed by atoms with E-state index >= 15 is 0 Å². The first kappa shape index (κ1) is 25.2. The molecule has 2 aliphatic rings. The number of hydrogen-bond acceptors (Lipinski definition) is 1. The minimum absolute atomic E-state index is 0. The summed E-state index contributed by atoms with van der Waals surface area (Å²) in [5.74, 6) is 0.360. The van der Waals surface area contributed by atoms with Crippen molar-refractivity contribution in [3.8, 4) is 0 Å². The number of amides is 1. The minimum Gasteiger partial charge on any atom is -0.314 e. The van der Waals surface area contributed by atoms with Gasteiger partial charge in [-0.2, -0.15) is 0 Å². The number of benzene rings is 2. The first-order valence-corrected chi connectivity index (χ1v) is 11.1. The van der Waals surface area contributed by atoms with Gasteiger partial charge in [-0.1, -0.05) is 53.6 Å². The maximum atomic E-state index is 13.2. The fraction of sp³-hybridized carbons (Fsp3) is 0.500. The van der Waals surface area contributed by atoms with Crippen LogP contribution in [-0.4, -0.2) is 42.6 Å². The number of hydrogen-bond donors (Lipinski definition) is 0. The van der Waals surface area contributed by atoms with Crippen LogP contribution >= 0.6 is 0 Å². The van der Waals surface area contributed by atoms with Gasteiger partial charge in [0.1, 0.15) is 0 Å². The Kier molecular flexibility index (Phi) is 9.27. The number of anilines is 1. The van der Waals surface area contributed by atoms with E-state index in [1.807, 2.05) is 18.2 Å². The summed E-state index contributed by atoms with van der Waals surface area (Å²) in [6, 6.07) is 14.8. The molecule has 4 rings (SSSR count). The van der Waals surface area contributed by atoms with Gasteiger partial charge in [0.25, 0.3) is 5.91 Å². The van der Waals surface area contributed by atoms with Gasteiger partial charge in [0.2, 0.25) is 0 Å². The molecule has 1 radical (unpaired) electrons. The summed E-state index contributed by atoms with van der Waals surface area (Å²) in [6.07, 6.45) is 3.57. The van der Waals surface area contributed by atoms with Crippen LogP contribution in [0.15, 0.2) is 42.5 Å². The summed E-state index contributed by atoms with van der Waals surface area (Å²) in [5, 5.41) is 0. The van der Waals surface area contributed by atoms with E-state index in [1.54, 1.807) is 0 Å². The standard InChI is InChI=1S/C19H29N2O.C7H8.Y/c1-5-21(10-6-7-11-21)17-8-9-20(19(17)22)18-15(3)12-14(2)13-16(18)4;1-7-5-3-2-4-6-7;/h12-13,17H,5-11H2,1-4H3;2-6H,1H3;/q+1;;. The number of likely N-dealkylation sites (tertiary alicyclic amines) is 1. The number of nitrogens with zero attached hydrogens (tertiary/aromatic N) is 2. The number of carbonyl (C=O) groups is 1. The summed E-state index contributed by atoms with van der Waals surface area (Å²) >= 11 is 0. The maximum absolute atomic E-state index is 13.2. The van der Waals surface area contributed by atoms with Gasteiger partial charge in [0.15, 0.2) is 6.04 Å². The third kappa shape index (κ3) is 5.41. The molecule has 1 unspecified atom stereocenters. The van der Waals surface area contributed by atoms with Crippen LogP contribution in [0.5, 0.6) is 0 Å². The van der Waals surface area contributed by atoms with Gasteiger partial charge < -0.3 is 9.38 Å². The van der Waals surface area contributed by atoms with E-state index in [2.05, 4.69) is 63.8 Å². The van der Waals surface area contributed by atoms with Gasteiger partial charge >= 0.3 is 0 Å². The Hall–Kier alpha value is -1.03. The van der Waals surface area contributed by atoms with E-state index < -0.39 is 0 Å². The topological polar surface area (TPSA) is 20.3 Å². The van der Waals surface area contributed by atoms with E-state index in [-0.39, 0.29) is 38.8 Å². The molecule has 0 spiro atoms.